The summed E-state index contributed by atoms with van der Waals surface area (Å²) >= 11 is 14.1. The molecule has 0 aliphatic heterocycles. The number of carbonyl (C=O) groups is 1. The van der Waals surface area contributed by atoms with Gasteiger partial charge in [-0.25, -0.2) is 9.78 Å². The van der Waals surface area contributed by atoms with Crippen molar-refractivity contribution in [1.29, 1.82) is 0 Å². The number of carbonyl (C=O) groups excluding carboxylic acids is 1. The van der Waals surface area contributed by atoms with E-state index in [9.17, 15) is 4.79 Å². The number of rotatable bonds is 4. The average molecular weight is 426 g/mol. The third kappa shape index (κ3) is 3.45. The van der Waals surface area contributed by atoms with Gasteiger partial charge in [0.15, 0.2) is 12.4 Å². The van der Waals surface area contributed by atoms with Crippen LogP contribution in [0.4, 0.5) is 0 Å². The summed E-state index contributed by atoms with van der Waals surface area (Å²) in [5, 5.41) is 1.60. The van der Waals surface area contributed by atoms with Gasteiger partial charge >= 0.3 is 5.97 Å². The maximum absolute atomic E-state index is 11.4. The van der Waals surface area contributed by atoms with Crippen LogP contribution in [0.25, 0.3) is 10.9 Å². The Morgan fingerprint density at radius 1 is 1.40 bits per heavy atom. The Hall–Kier alpha value is -0.790. The van der Waals surface area contributed by atoms with Crippen LogP contribution in [0.1, 0.15) is 6.92 Å². The lowest BCUT2D eigenvalue weighted by Crippen LogP contribution is -2.15. The molecule has 1 aromatic carbocycles. The van der Waals surface area contributed by atoms with Gasteiger partial charge in [0, 0.05) is 5.39 Å². The number of aromatic nitrogens is 1. The summed E-state index contributed by atoms with van der Waals surface area (Å²) < 4.78 is 11.1. The molecule has 0 spiro atoms. The van der Waals surface area contributed by atoms with Gasteiger partial charge in [0.1, 0.15) is 10.7 Å². The smallest absolute Gasteiger partial charge is 0.344 e. The zero-order valence-electron chi connectivity index (χ0n) is 10.5. The van der Waals surface area contributed by atoms with Crippen molar-refractivity contribution < 1.29 is 14.3 Å². The fourth-order valence-corrected chi connectivity index (χ4v) is 2.96. The fourth-order valence-electron chi connectivity index (χ4n) is 1.64. The molecule has 0 saturated heterocycles. The second-order valence-electron chi connectivity index (χ2n) is 3.79. The minimum atomic E-state index is -0.437. The van der Waals surface area contributed by atoms with Crippen molar-refractivity contribution in [2.24, 2.45) is 0 Å². The Bertz CT molecular complexity index is 664. The van der Waals surface area contributed by atoms with Crippen LogP contribution < -0.4 is 4.74 Å². The summed E-state index contributed by atoms with van der Waals surface area (Å²) in [5.74, 6) is 0.0361. The standard InChI is InChI=1S/C13H10Cl2INO3/c1-2-19-11(18)6-20-13-9(16)5-8(14)7-3-4-10(15)17-12(7)13/h3-5H,2,6H2,1H3. The molecule has 2 rings (SSSR count). The van der Waals surface area contributed by atoms with Gasteiger partial charge in [-0.2, -0.15) is 0 Å². The number of ether oxygens (including phenoxy) is 2. The van der Waals surface area contributed by atoms with E-state index in [1.807, 2.05) is 0 Å². The molecule has 0 radical (unpaired) electrons. The normalized spacial score (nSPS) is 10.6. The van der Waals surface area contributed by atoms with Crippen LogP contribution in [0, 0.1) is 3.57 Å². The van der Waals surface area contributed by atoms with Gasteiger partial charge in [-0.1, -0.05) is 23.2 Å². The zero-order valence-corrected chi connectivity index (χ0v) is 14.1. The van der Waals surface area contributed by atoms with E-state index >= 15 is 0 Å². The molecule has 0 aliphatic rings. The quantitative estimate of drug-likeness (QED) is 0.420. The molecule has 7 heteroatoms. The summed E-state index contributed by atoms with van der Waals surface area (Å²) in [6.07, 6.45) is 0. The van der Waals surface area contributed by atoms with E-state index in [0.717, 1.165) is 8.96 Å². The van der Waals surface area contributed by atoms with Crippen molar-refractivity contribution >= 4 is 62.7 Å². The number of hydrogen-bond donors (Lipinski definition) is 0. The molecule has 2 aromatic rings. The third-order valence-corrected chi connectivity index (χ3v) is 3.77. The lowest BCUT2D eigenvalue weighted by Gasteiger charge is -2.11. The molecule has 0 N–H and O–H groups in total. The highest BCUT2D eigenvalue weighted by atomic mass is 127. The Morgan fingerprint density at radius 3 is 2.85 bits per heavy atom. The molecular weight excluding hydrogens is 416 g/mol. The number of hydrogen-bond acceptors (Lipinski definition) is 4. The summed E-state index contributed by atoms with van der Waals surface area (Å²) in [4.78, 5) is 15.6. The van der Waals surface area contributed by atoms with Crippen LogP contribution in [0.3, 0.4) is 0 Å². The van der Waals surface area contributed by atoms with Gasteiger partial charge in [-0.05, 0) is 47.7 Å². The molecule has 4 nitrogen and oxygen atoms in total. The minimum Gasteiger partial charge on any atom is -0.478 e. The Balaban J connectivity index is 2.41. The summed E-state index contributed by atoms with van der Waals surface area (Å²) in [7, 11) is 0. The monoisotopic (exact) mass is 425 g/mol. The van der Waals surface area contributed by atoms with Crippen molar-refractivity contribution in [3.8, 4) is 5.75 Å². The van der Waals surface area contributed by atoms with E-state index in [4.69, 9.17) is 32.7 Å². The molecule has 1 aromatic heterocycles. The molecule has 0 amide bonds. The second kappa shape index (κ2) is 6.78. The average Bonchev–Trinajstić information content (AvgIpc) is 2.38. The zero-order chi connectivity index (χ0) is 14.7. The first-order valence-electron chi connectivity index (χ1n) is 5.75. The van der Waals surface area contributed by atoms with E-state index in [0.29, 0.717) is 28.0 Å². The van der Waals surface area contributed by atoms with Gasteiger partial charge in [0.25, 0.3) is 0 Å². The fraction of sp³-hybridized carbons (Fsp3) is 0.231. The van der Waals surface area contributed by atoms with E-state index in [1.54, 1.807) is 25.1 Å². The van der Waals surface area contributed by atoms with Gasteiger partial charge in [0.2, 0.25) is 0 Å². The highest BCUT2D eigenvalue weighted by Gasteiger charge is 2.14. The van der Waals surface area contributed by atoms with Crippen LogP contribution in [-0.2, 0) is 9.53 Å². The van der Waals surface area contributed by atoms with Gasteiger partial charge in [0.05, 0.1) is 15.2 Å². The van der Waals surface area contributed by atoms with Gasteiger partial charge < -0.3 is 9.47 Å². The van der Waals surface area contributed by atoms with Gasteiger partial charge in [-0.3, -0.25) is 0 Å². The Morgan fingerprint density at radius 2 is 2.15 bits per heavy atom. The van der Waals surface area contributed by atoms with E-state index < -0.39 is 5.97 Å². The predicted octanol–water partition coefficient (Wildman–Crippen LogP) is 4.09. The van der Waals surface area contributed by atoms with Crippen molar-refractivity contribution in [3.05, 3.63) is 31.9 Å². The molecule has 0 unspecified atom stereocenters. The lowest BCUT2D eigenvalue weighted by molar-refractivity contribution is -0.145. The number of nitrogens with zero attached hydrogens (tertiary/aromatic N) is 1. The van der Waals surface area contributed by atoms with Crippen molar-refractivity contribution in [2.75, 3.05) is 13.2 Å². The van der Waals surface area contributed by atoms with Crippen molar-refractivity contribution in [1.82, 2.24) is 4.98 Å². The first kappa shape index (κ1) is 15.6. The maximum atomic E-state index is 11.4. The Labute approximate surface area is 139 Å². The van der Waals surface area contributed by atoms with Crippen LogP contribution >= 0.6 is 45.8 Å². The third-order valence-electron chi connectivity index (χ3n) is 2.44. The summed E-state index contributed by atoms with van der Waals surface area (Å²) in [6.45, 7) is 1.86. The highest BCUT2D eigenvalue weighted by molar-refractivity contribution is 14.1. The summed E-state index contributed by atoms with van der Waals surface area (Å²) in [5.41, 5.74) is 0.527. The first-order chi connectivity index (χ1) is 9.52. The van der Waals surface area contributed by atoms with E-state index in [2.05, 4.69) is 27.6 Å². The predicted molar refractivity (Wildman–Crippen MR) is 86.6 cm³/mol. The topological polar surface area (TPSA) is 48.4 Å². The van der Waals surface area contributed by atoms with Crippen LogP contribution in [0.15, 0.2) is 18.2 Å². The number of esters is 1. The summed E-state index contributed by atoms with van der Waals surface area (Å²) in [6, 6.07) is 5.17. The minimum absolute atomic E-state index is 0.186. The maximum Gasteiger partial charge on any atom is 0.344 e. The second-order valence-corrected chi connectivity index (χ2v) is 5.75. The van der Waals surface area contributed by atoms with E-state index in [-0.39, 0.29) is 6.61 Å². The molecule has 0 saturated carbocycles. The Kier molecular flexibility index (Phi) is 5.29. The lowest BCUT2D eigenvalue weighted by atomic mass is 10.2. The number of benzene rings is 1. The SMILES string of the molecule is CCOC(=O)COc1c(I)cc(Cl)c2ccc(Cl)nc12. The van der Waals surface area contributed by atoms with Crippen LogP contribution in [0.5, 0.6) is 5.75 Å². The first-order valence-corrected chi connectivity index (χ1v) is 7.59. The molecule has 1 heterocycles. The van der Waals surface area contributed by atoms with E-state index in [1.165, 1.54) is 0 Å². The van der Waals surface area contributed by atoms with Crippen molar-refractivity contribution in [3.63, 3.8) is 0 Å². The van der Waals surface area contributed by atoms with Gasteiger partial charge in [-0.15, -0.1) is 0 Å². The highest BCUT2D eigenvalue weighted by Crippen LogP contribution is 2.35. The molecule has 0 bridgehead atoms. The number of halogens is 3. The largest absolute Gasteiger partial charge is 0.478 e. The molecule has 0 fully saturated rings. The van der Waals surface area contributed by atoms with Crippen LogP contribution in [-0.4, -0.2) is 24.2 Å². The number of fused-ring (bicyclic) bond motifs is 1. The molecule has 0 aliphatic carbocycles. The molecule has 106 valence electrons. The molecular formula is C13H10Cl2INO3. The van der Waals surface area contributed by atoms with Crippen molar-refractivity contribution in [2.45, 2.75) is 6.92 Å². The van der Waals surface area contributed by atoms with Crippen LogP contribution in [0.2, 0.25) is 10.2 Å². The number of pyridine rings is 1. The molecule has 0 atom stereocenters. The molecule has 20 heavy (non-hydrogen) atoms.